The molecule has 0 bridgehead atoms. The van der Waals surface area contributed by atoms with Crippen LogP contribution in [0.1, 0.15) is 32.5 Å². The van der Waals surface area contributed by atoms with Crippen LogP contribution >= 0.6 is 0 Å². The molecule has 2 unspecified atom stereocenters. The van der Waals surface area contributed by atoms with E-state index in [1.165, 1.54) is 25.2 Å². The standard InChI is InChI=1S/C16H28N4/c1-12(2)15-10-18-14(13-4-5-13)11-20(15)8-6-16-17-7-9-19(16)3/h7,9,12-15,18H,4-6,8,10-11H2,1-3H3. The zero-order valence-corrected chi connectivity index (χ0v) is 13.0. The van der Waals surface area contributed by atoms with Crippen LogP contribution in [0.3, 0.4) is 0 Å². The van der Waals surface area contributed by atoms with Gasteiger partial charge in [0.15, 0.2) is 0 Å². The van der Waals surface area contributed by atoms with Crippen molar-refractivity contribution in [1.82, 2.24) is 19.8 Å². The summed E-state index contributed by atoms with van der Waals surface area (Å²) < 4.78 is 2.14. The van der Waals surface area contributed by atoms with Crippen LogP contribution in [0.15, 0.2) is 12.4 Å². The highest BCUT2D eigenvalue weighted by molar-refractivity contribution is 4.97. The van der Waals surface area contributed by atoms with Gasteiger partial charge in [0.25, 0.3) is 0 Å². The first kappa shape index (κ1) is 14.1. The van der Waals surface area contributed by atoms with Crippen LogP contribution in [0.25, 0.3) is 0 Å². The van der Waals surface area contributed by atoms with E-state index in [9.17, 15) is 0 Å². The maximum absolute atomic E-state index is 4.46. The van der Waals surface area contributed by atoms with Crippen molar-refractivity contribution in [2.24, 2.45) is 18.9 Å². The zero-order valence-electron chi connectivity index (χ0n) is 13.0. The predicted molar refractivity (Wildman–Crippen MR) is 81.6 cm³/mol. The second-order valence-corrected chi connectivity index (χ2v) is 6.86. The smallest absolute Gasteiger partial charge is 0.109 e. The van der Waals surface area contributed by atoms with Crippen molar-refractivity contribution >= 4 is 0 Å². The molecular weight excluding hydrogens is 248 g/mol. The Hall–Kier alpha value is -0.870. The monoisotopic (exact) mass is 276 g/mol. The van der Waals surface area contributed by atoms with Crippen LogP contribution in [0.2, 0.25) is 0 Å². The van der Waals surface area contributed by atoms with Crippen molar-refractivity contribution in [3.63, 3.8) is 0 Å². The Bertz CT molecular complexity index is 435. The molecule has 1 saturated carbocycles. The first-order chi connectivity index (χ1) is 9.65. The molecule has 0 amide bonds. The number of piperazine rings is 1. The van der Waals surface area contributed by atoms with Crippen LogP contribution in [0, 0.1) is 11.8 Å². The van der Waals surface area contributed by atoms with Crippen LogP contribution in [-0.2, 0) is 13.5 Å². The molecule has 4 heteroatoms. The molecule has 20 heavy (non-hydrogen) atoms. The predicted octanol–water partition coefficient (Wildman–Crippen LogP) is 1.67. The van der Waals surface area contributed by atoms with Gasteiger partial charge in [-0.05, 0) is 24.7 Å². The summed E-state index contributed by atoms with van der Waals surface area (Å²) in [5.74, 6) is 2.86. The highest BCUT2D eigenvalue weighted by Gasteiger charge is 2.37. The molecule has 1 saturated heterocycles. The molecule has 2 aliphatic rings. The molecule has 3 rings (SSSR count). The highest BCUT2D eigenvalue weighted by Crippen LogP contribution is 2.34. The molecule has 2 heterocycles. The first-order valence-corrected chi connectivity index (χ1v) is 8.08. The van der Waals surface area contributed by atoms with Crippen molar-refractivity contribution in [3.8, 4) is 0 Å². The fourth-order valence-electron chi connectivity index (χ4n) is 3.46. The molecule has 112 valence electrons. The normalized spacial score (nSPS) is 28.2. The van der Waals surface area contributed by atoms with Crippen LogP contribution in [-0.4, -0.2) is 46.2 Å². The SMILES string of the molecule is CC(C)C1CNC(C2CC2)CN1CCc1nccn1C. The van der Waals surface area contributed by atoms with Crippen molar-refractivity contribution in [2.45, 2.75) is 45.2 Å². The minimum absolute atomic E-state index is 0.672. The summed E-state index contributed by atoms with van der Waals surface area (Å²) in [5.41, 5.74) is 0. The lowest BCUT2D eigenvalue weighted by molar-refractivity contribution is 0.0928. The molecule has 4 nitrogen and oxygen atoms in total. The van der Waals surface area contributed by atoms with E-state index in [1.54, 1.807) is 0 Å². The number of hydrogen-bond donors (Lipinski definition) is 1. The van der Waals surface area contributed by atoms with Crippen molar-refractivity contribution < 1.29 is 0 Å². The average Bonchev–Trinajstić information content (AvgIpc) is 3.20. The van der Waals surface area contributed by atoms with Crippen molar-refractivity contribution in [1.29, 1.82) is 0 Å². The molecule has 1 aromatic rings. The molecule has 1 aromatic heterocycles. The number of hydrogen-bond acceptors (Lipinski definition) is 3. The maximum Gasteiger partial charge on any atom is 0.109 e. The van der Waals surface area contributed by atoms with E-state index in [4.69, 9.17) is 0 Å². The van der Waals surface area contributed by atoms with E-state index in [1.807, 2.05) is 12.4 Å². The second-order valence-electron chi connectivity index (χ2n) is 6.86. The summed E-state index contributed by atoms with van der Waals surface area (Å²) in [6.45, 7) is 8.20. The van der Waals surface area contributed by atoms with E-state index < -0.39 is 0 Å². The van der Waals surface area contributed by atoms with Crippen LogP contribution in [0.5, 0.6) is 0 Å². The Morgan fingerprint density at radius 3 is 2.80 bits per heavy atom. The molecular formula is C16H28N4. The van der Waals surface area contributed by atoms with E-state index in [0.717, 1.165) is 31.5 Å². The lowest BCUT2D eigenvalue weighted by Crippen LogP contribution is -2.59. The largest absolute Gasteiger partial charge is 0.338 e. The molecule has 2 fully saturated rings. The van der Waals surface area contributed by atoms with E-state index in [-0.39, 0.29) is 0 Å². The summed E-state index contributed by atoms with van der Waals surface area (Å²) in [6.07, 6.45) is 7.86. The van der Waals surface area contributed by atoms with E-state index in [0.29, 0.717) is 12.0 Å². The Morgan fingerprint density at radius 2 is 2.20 bits per heavy atom. The van der Waals surface area contributed by atoms with Crippen LogP contribution in [0.4, 0.5) is 0 Å². The van der Waals surface area contributed by atoms with Crippen molar-refractivity contribution in [3.05, 3.63) is 18.2 Å². The van der Waals surface area contributed by atoms with Gasteiger partial charge < -0.3 is 9.88 Å². The molecule has 0 aromatic carbocycles. The molecule has 1 aliphatic carbocycles. The summed E-state index contributed by atoms with van der Waals surface area (Å²) in [4.78, 5) is 7.16. The van der Waals surface area contributed by atoms with E-state index >= 15 is 0 Å². The van der Waals surface area contributed by atoms with Gasteiger partial charge in [-0.15, -0.1) is 0 Å². The van der Waals surface area contributed by atoms with Gasteiger partial charge in [0, 0.05) is 57.6 Å². The Kier molecular flexibility index (Phi) is 4.13. The average molecular weight is 276 g/mol. The maximum atomic E-state index is 4.46. The quantitative estimate of drug-likeness (QED) is 0.888. The summed E-state index contributed by atoms with van der Waals surface area (Å²) >= 11 is 0. The lowest BCUT2D eigenvalue weighted by atomic mass is 9.96. The number of nitrogens with zero attached hydrogens (tertiary/aromatic N) is 3. The number of aromatic nitrogens is 2. The minimum atomic E-state index is 0.672. The van der Waals surface area contributed by atoms with Gasteiger partial charge in [-0.1, -0.05) is 13.8 Å². The third kappa shape index (κ3) is 3.07. The number of aryl methyl sites for hydroxylation is 1. The summed E-state index contributed by atoms with van der Waals surface area (Å²) in [5, 5.41) is 3.78. The van der Waals surface area contributed by atoms with Gasteiger partial charge >= 0.3 is 0 Å². The fourth-order valence-corrected chi connectivity index (χ4v) is 3.46. The van der Waals surface area contributed by atoms with Gasteiger partial charge in [0.2, 0.25) is 0 Å². The first-order valence-electron chi connectivity index (χ1n) is 8.08. The fraction of sp³-hybridized carbons (Fsp3) is 0.812. The van der Waals surface area contributed by atoms with Crippen molar-refractivity contribution in [2.75, 3.05) is 19.6 Å². The lowest BCUT2D eigenvalue weighted by Gasteiger charge is -2.42. The third-order valence-corrected chi connectivity index (χ3v) is 4.99. The third-order valence-electron chi connectivity index (χ3n) is 4.99. The van der Waals surface area contributed by atoms with Gasteiger partial charge in [-0.3, -0.25) is 4.90 Å². The van der Waals surface area contributed by atoms with Gasteiger partial charge in [-0.25, -0.2) is 4.98 Å². The van der Waals surface area contributed by atoms with Gasteiger partial charge in [0.1, 0.15) is 5.82 Å². The topological polar surface area (TPSA) is 33.1 Å². The van der Waals surface area contributed by atoms with Gasteiger partial charge in [0.05, 0.1) is 0 Å². The second kappa shape index (κ2) is 5.86. The minimum Gasteiger partial charge on any atom is -0.338 e. The van der Waals surface area contributed by atoms with Gasteiger partial charge in [-0.2, -0.15) is 0 Å². The molecule has 0 spiro atoms. The molecule has 1 aliphatic heterocycles. The Morgan fingerprint density at radius 1 is 1.40 bits per heavy atom. The molecule has 2 atom stereocenters. The summed E-state index contributed by atoms with van der Waals surface area (Å²) in [7, 11) is 2.09. The number of nitrogens with one attached hydrogen (secondary N) is 1. The molecule has 0 radical (unpaired) electrons. The molecule has 1 N–H and O–H groups in total. The van der Waals surface area contributed by atoms with Crippen LogP contribution < -0.4 is 5.32 Å². The number of rotatable bonds is 5. The zero-order chi connectivity index (χ0) is 14.1. The Labute approximate surface area is 122 Å². The number of imidazole rings is 1. The summed E-state index contributed by atoms with van der Waals surface area (Å²) in [6, 6.07) is 1.40. The highest BCUT2D eigenvalue weighted by atomic mass is 15.2. The Balaban J connectivity index is 1.61. The van der Waals surface area contributed by atoms with E-state index in [2.05, 4.69) is 40.7 Å².